The van der Waals surface area contributed by atoms with Crippen LogP contribution < -0.4 is 5.32 Å². The number of benzene rings is 1. The Morgan fingerprint density at radius 1 is 1.28 bits per heavy atom. The first-order valence-corrected chi connectivity index (χ1v) is 7.26. The Bertz CT molecular complexity index is 338. The third kappa shape index (κ3) is 3.82. The average Bonchev–Trinajstić information content (AvgIpc) is 2.46. The van der Waals surface area contributed by atoms with Gasteiger partial charge >= 0.3 is 0 Å². The monoisotopic (exact) mass is 247 g/mol. The average molecular weight is 247 g/mol. The van der Waals surface area contributed by atoms with Crippen molar-refractivity contribution in [1.82, 2.24) is 5.32 Å². The molecule has 1 aromatic rings. The van der Waals surface area contributed by atoms with E-state index in [2.05, 4.69) is 12.2 Å². The summed E-state index contributed by atoms with van der Waals surface area (Å²) in [5, 5.41) is 13.6. The number of rotatable bonds is 5. The van der Waals surface area contributed by atoms with Gasteiger partial charge in [-0.05, 0) is 24.3 Å². The van der Waals surface area contributed by atoms with Crippen molar-refractivity contribution in [3.05, 3.63) is 35.9 Å². The maximum absolute atomic E-state index is 10.1. The summed E-state index contributed by atoms with van der Waals surface area (Å²) in [5.74, 6) is 0.880. The van der Waals surface area contributed by atoms with E-state index in [0.717, 1.165) is 11.5 Å². The van der Waals surface area contributed by atoms with Crippen LogP contribution in [0.1, 0.15) is 50.7 Å². The van der Waals surface area contributed by atoms with E-state index in [4.69, 9.17) is 0 Å². The molecule has 0 amide bonds. The molecule has 0 radical (unpaired) electrons. The summed E-state index contributed by atoms with van der Waals surface area (Å²) < 4.78 is 0. The predicted octanol–water partition coefficient (Wildman–Crippen LogP) is 3.28. The van der Waals surface area contributed by atoms with Crippen LogP contribution in [0.4, 0.5) is 0 Å². The Morgan fingerprint density at radius 3 is 2.78 bits per heavy atom. The van der Waals surface area contributed by atoms with Crippen LogP contribution in [0.2, 0.25) is 0 Å². The summed E-state index contributed by atoms with van der Waals surface area (Å²) in [5.41, 5.74) is 1.01. The summed E-state index contributed by atoms with van der Waals surface area (Å²) in [6.45, 7) is 2.96. The molecule has 3 unspecified atom stereocenters. The lowest BCUT2D eigenvalue weighted by Gasteiger charge is -2.30. The number of hydrogen-bond acceptors (Lipinski definition) is 2. The van der Waals surface area contributed by atoms with Gasteiger partial charge in [-0.25, -0.2) is 0 Å². The van der Waals surface area contributed by atoms with E-state index in [1.54, 1.807) is 0 Å². The molecule has 0 heterocycles. The van der Waals surface area contributed by atoms with Crippen molar-refractivity contribution in [2.45, 2.75) is 51.2 Å². The lowest BCUT2D eigenvalue weighted by Crippen LogP contribution is -2.36. The smallest absolute Gasteiger partial charge is 0.0914 e. The molecule has 2 nitrogen and oxygen atoms in total. The molecule has 1 saturated carbocycles. The maximum atomic E-state index is 10.1. The Hall–Kier alpha value is -0.860. The number of aliphatic hydroxyl groups excluding tert-OH is 1. The zero-order chi connectivity index (χ0) is 12.8. The minimum absolute atomic E-state index is 0.381. The van der Waals surface area contributed by atoms with E-state index in [1.807, 2.05) is 30.3 Å². The van der Waals surface area contributed by atoms with Crippen LogP contribution in [0.15, 0.2) is 30.3 Å². The largest absolute Gasteiger partial charge is 0.387 e. The van der Waals surface area contributed by atoms with Crippen LogP contribution in [-0.4, -0.2) is 17.7 Å². The van der Waals surface area contributed by atoms with Crippen molar-refractivity contribution in [2.24, 2.45) is 5.92 Å². The number of nitrogens with one attached hydrogen (secondary N) is 1. The molecular weight excluding hydrogens is 222 g/mol. The van der Waals surface area contributed by atoms with Gasteiger partial charge in [-0.1, -0.05) is 56.5 Å². The normalized spacial score (nSPS) is 25.9. The molecule has 3 atom stereocenters. The zero-order valence-electron chi connectivity index (χ0n) is 11.3. The van der Waals surface area contributed by atoms with Gasteiger partial charge in [-0.15, -0.1) is 0 Å². The molecular formula is C16H25NO. The fourth-order valence-electron chi connectivity index (χ4n) is 2.92. The maximum Gasteiger partial charge on any atom is 0.0914 e. The van der Waals surface area contributed by atoms with Crippen molar-refractivity contribution in [2.75, 3.05) is 6.54 Å². The van der Waals surface area contributed by atoms with Crippen molar-refractivity contribution in [1.29, 1.82) is 0 Å². The standard InChI is InChI=1S/C16H25NO/c1-2-13-7-6-10-15(11-13)17-12-16(18)14-8-4-3-5-9-14/h3-5,8-9,13,15-18H,2,6-7,10-12H2,1H3. The lowest BCUT2D eigenvalue weighted by molar-refractivity contribution is 0.160. The predicted molar refractivity (Wildman–Crippen MR) is 75.4 cm³/mol. The van der Waals surface area contributed by atoms with Crippen LogP contribution in [0, 0.1) is 5.92 Å². The third-order valence-corrected chi connectivity index (χ3v) is 4.14. The van der Waals surface area contributed by atoms with Gasteiger partial charge < -0.3 is 10.4 Å². The Kier molecular flexibility index (Phi) is 5.21. The van der Waals surface area contributed by atoms with Crippen LogP contribution in [-0.2, 0) is 0 Å². The Balaban J connectivity index is 1.77. The van der Waals surface area contributed by atoms with Crippen molar-refractivity contribution in [3.63, 3.8) is 0 Å². The fraction of sp³-hybridized carbons (Fsp3) is 0.625. The minimum atomic E-state index is -0.381. The van der Waals surface area contributed by atoms with E-state index in [1.165, 1.54) is 32.1 Å². The van der Waals surface area contributed by atoms with Crippen molar-refractivity contribution >= 4 is 0 Å². The van der Waals surface area contributed by atoms with Gasteiger partial charge in [0.2, 0.25) is 0 Å². The molecule has 0 bridgehead atoms. The SMILES string of the molecule is CCC1CCCC(NCC(O)c2ccccc2)C1. The van der Waals surface area contributed by atoms with Crippen LogP contribution in [0.5, 0.6) is 0 Å². The zero-order valence-corrected chi connectivity index (χ0v) is 11.3. The molecule has 2 heteroatoms. The van der Waals surface area contributed by atoms with E-state index in [9.17, 15) is 5.11 Å². The molecule has 1 aromatic carbocycles. The topological polar surface area (TPSA) is 32.3 Å². The first-order valence-electron chi connectivity index (χ1n) is 7.26. The summed E-state index contributed by atoms with van der Waals surface area (Å²) >= 11 is 0. The highest BCUT2D eigenvalue weighted by molar-refractivity contribution is 5.17. The second kappa shape index (κ2) is 6.91. The molecule has 1 aliphatic rings. The molecule has 1 fully saturated rings. The fourth-order valence-corrected chi connectivity index (χ4v) is 2.92. The lowest BCUT2D eigenvalue weighted by atomic mass is 9.84. The van der Waals surface area contributed by atoms with E-state index in [-0.39, 0.29) is 6.10 Å². The van der Waals surface area contributed by atoms with Gasteiger partial charge in [0.1, 0.15) is 0 Å². The molecule has 2 N–H and O–H groups in total. The number of aliphatic hydroxyl groups is 1. The van der Waals surface area contributed by atoms with Gasteiger partial charge in [0.25, 0.3) is 0 Å². The summed E-state index contributed by atoms with van der Waals surface area (Å²) in [6.07, 6.45) is 6.16. The summed E-state index contributed by atoms with van der Waals surface area (Å²) in [7, 11) is 0. The highest BCUT2D eigenvalue weighted by atomic mass is 16.3. The first-order chi connectivity index (χ1) is 8.79. The van der Waals surface area contributed by atoms with E-state index in [0.29, 0.717) is 12.6 Å². The Morgan fingerprint density at radius 2 is 2.06 bits per heavy atom. The van der Waals surface area contributed by atoms with Crippen LogP contribution in [0.25, 0.3) is 0 Å². The first kappa shape index (κ1) is 13.6. The van der Waals surface area contributed by atoms with Crippen molar-refractivity contribution in [3.8, 4) is 0 Å². The molecule has 100 valence electrons. The Labute approximate surface area is 110 Å². The molecule has 0 spiro atoms. The highest BCUT2D eigenvalue weighted by Gasteiger charge is 2.21. The quantitative estimate of drug-likeness (QED) is 0.837. The molecule has 0 saturated heterocycles. The molecule has 0 aromatic heterocycles. The summed E-state index contributed by atoms with van der Waals surface area (Å²) in [4.78, 5) is 0. The van der Waals surface area contributed by atoms with Gasteiger partial charge in [0.05, 0.1) is 6.10 Å². The molecule has 18 heavy (non-hydrogen) atoms. The number of hydrogen-bond donors (Lipinski definition) is 2. The molecule has 1 aliphatic carbocycles. The van der Waals surface area contributed by atoms with Gasteiger partial charge in [0, 0.05) is 12.6 Å². The van der Waals surface area contributed by atoms with Gasteiger partial charge in [-0.3, -0.25) is 0 Å². The van der Waals surface area contributed by atoms with Crippen LogP contribution in [0.3, 0.4) is 0 Å². The molecule has 2 rings (SSSR count). The summed E-state index contributed by atoms with van der Waals surface area (Å²) in [6, 6.07) is 10.5. The van der Waals surface area contributed by atoms with Crippen molar-refractivity contribution < 1.29 is 5.11 Å². The van der Waals surface area contributed by atoms with Gasteiger partial charge in [-0.2, -0.15) is 0 Å². The second-order valence-corrected chi connectivity index (χ2v) is 5.47. The third-order valence-electron chi connectivity index (χ3n) is 4.14. The van der Waals surface area contributed by atoms with Gasteiger partial charge in [0.15, 0.2) is 0 Å². The van der Waals surface area contributed by atoms with Crippen LogP contribution >= 0.6 is 0 Å². The highest BCUT2D eigenvalue weighted by Crippen LogP contribution is 2.26. The molecule has 0 aliphatic heterocycles. The minimum Gasteiger partial charge on any atom is -0.387 e. The second-order valence-electron chi connectivity index (χ2n) is 5.47. The van der Waals surface area contributed by atoms with E-state index < -0.39 is 0 Å². The van der Waals surface area contributed by atoms with E-state index >= 15 is 0 Å².